The number of hydrogen-bond donors (Lipinski definition) is 1. The molecule has 0 fully saturated rings. The molecular formula is C15H19N3O2. The predicted molar refractivity (Wildman–Crippen MR) is 77.9 cm³/mol. The number of rotatable bonds is 4. The van der Waals surface area contributed by atoms with Crippen molar-refractivity contribution in [1.82, 2.24) is 9.78 Å². The molecule has 1 aromatic heterocycles. The van der Waals surface area contributed by atoms with Gasteiger partial charge in [0.15, 0.2) is 0 Å². The molecule has 0 aliphatic rings. The first-order chi connectivity index (χ1) is 9.44. The number of benzene rings is 1. The fraction of sp³-hybridized carbons (Fsp3) is 0.333. The van der Waals surface area contributed by atoms with E-state index in [2.05, 4.69) is 5.10 Å². The Morgan fingerprint density at radius 1 is 1.40 bits per heavy atom. The lowest BCUT2D eigenvalue weighted by molar-refractivity contribution is -0.151. The van der Waals surface area contributed by atoms with Crippen LogP contribution in [0.5, 0.6) is 0 Å². The van der Waals surface area contributed by atoms with Crippen molar-refractivity contribution in [2.45, 2.75) is 20.4 Å². The van der Waals surface area contributed by atoms with Gasteiger partial charge in [-0.3, -0.25) is 9.48 Å². The molecule has 2 rings (SSSR count). The lowest BCUT2D eigenvalue weighted by Gasteiger charge is -2.20. The Kier molecular flexibility index (Phi) is 3.79. The van der Waals surface area contributed by atoms with Crippen LogP contribution in [0.15, 0.2) is 36.7 Å². The first-order valence-electron chi connectivity index (χ1n) is 6.40. The quantitative estimate of drug-likeness (QED) is 0.685. The molecule has 0 aliphatic heterocycles. The molecule has 0 atom stereocenters. The van der Waals surface area contributed by atoms with Gasteiger partial charge in [0.25, 0.3) is 0 Å². The highest BCUT2D eigenvalue weighted by atomic mass is 16.5. The Labute approximate surface area is 118 Å². The van der Waals surface area contributed by atoms with E-state index in [0.717, 1.165) is 11.1 Å². The van der Waals surface area contributed by atoms with Gasteiger partial charge >= 0.3 is 5.97 Å². The highest BCUT2D eigenvalue weighted by Gasteiger charge is 2.29. The van der Waals surface area contributed by atoms with Crippen LogP contribution in [0.3, 0.4) is 0 Å². The summed E-state index contributed by atoms with van der Waals surface area (Å²) in [6.45, 7) is 4.11. The van der Waals surface area contributed by atoms with Crippen LogP contribution in [-0.4, -0.2) is 22.9 Å². The third-order valence-corrected chi connectivity index (χ3v) is 3.20. The molecule has 106 valence electrons. The minimum Gasteiger partial charge on any atom is -0.469 e. The van der Waals surface area contributed by atoms with Gasteiger partial charge in [-0.1, -0.05) is 18.2 Å². The fourth-order valence-electron chi connectivity index (χ4n) is 2.09. The number of nitrogens with zero attached hydrogens (tertiary/aromatic N) is 2. The zero-order valence-electron chi connectivity index (χ0n) is 12.0. The molecule has 5 nitrogen and oxygen atoms in total. The van der Waals surface area contributed by atoms with Crippen LogP contribution in [0.4, 0.5) is 5.69 Å². The number of nitrogen functional groups attached to an aromatic ring is 1. The standard InChI is InChI=1S/C15H19N3O2/c1-15(2,14(19)20-3)10-18-9-11(8-17-18)12-6-4-5-7-13(12)16/h4-9H,10,16H2,1-3H3. The number of aromatic nitrogens is 2. The van der Waals surface area contributed by atoms with E-state index in [-0.39, 0.29) is 5.97 Å². The van der Waals surface area contributed by atoms with Crippen molar-refractivity contribution in [3.8, 4) is 11.1 Å². The van der Waals surface area contributed by atoms with E-state index in [1.807, 2.05) is 44.3 Å². The summed E-state index contributed by atoms with van der Waals surface area (Å²) < 4.78 is 6.53. The van der Waals surface area contributed by atoms with Crippen LogP contribution in [-0.2, 0) is 16.1 Å². The minimum atomic E-state index is -0.625. The highest BCUT2D eigenvalue weighted by Crippen LogP contribution is 2.26. The molecule has 0 amide bonds. The Morgan fingerprint density at radius 3 is 2.75 bits per heavy atom. The van der Waals surface area contributed by atoms with Crippen molar-refractivity contribution in [3.05, 3.63) is 36.7 Å². The van der Waals surface area contributed by atoms with Crippen molar-refractivity contribution in [1.29, 1.82) is 0 Å². The molecular weight excluding hydrogens is 254 g/mol. The van der Waals surface area contributed by atoms with Gasteiger partial charge in [0.2, 0.25) is 0 Å². The van der Waals surface area contributed by atoms with E-state index >= 15 is 0 Å². The molecule has 1 heterocycles. The lowest BCUT2D eigenvalue weighted by atomic mass is 9.94. The normalized spacial score (nSPS) is 11.3. The fourth-order valence-corrected chi connectivity index (χ4v) is 2.09. The van der Waals surface area contributed by atoms with Crippen LogP contribution >= 0.6 is 0 Å². The number of esters is 1. The molecule has 0 radical (unpaired) electrons. The van der Waals surface area contributed by atoms with Gasteiger partial charge in [-0.25, -0.2) is 0 Å². The van der Waals surface area contributed by atoms with Crippen molar-refractivity contribution in [2.75, 3.05) is 12.8 Å². The molecule has 0 spiro atoms. The van der Waals surface area contributed by atoms with Crippen LogP contribution in [0, 0.1) is 5.41 Å². The molecule has 0 saturated carbocycles. The Balaban J connectivity index is 2.22. The molecule has 0 unspecified atom stereocenters. The monoisotopic (exact) mass is 273 g/mol. The summed E-state index contributed by atoms with van der Waals surface area (Å²) in [6, 6.07) is 7.62. The summed E-state index contributed by atoms with van der Waals surface area (Å²) in [7, 11) is 1.39. The summed E-state index contributed by atoms with van der Waals surface area (Å²) in [4.78, 5) is 11.7. The summed E-state index contributed by atoms with van der Waals surface area (Å²) in [5.41, 5.74) is 7.90. The first kappa shape index (κ1) is 14.1. The number of methoxy groups -OCH3 is 1. The van der Waals surface area contributed by atoms with Crippen molar-refractivity contribution in [2.24, 2.45) is 5.41 Å². The predicted octanol–water partition coefficient (Wildman–Crippen LogP) is 2.33. The number of anilines is 1. The molecule has 0 bridgehead atoms. The summed E-state index contributed by atoms with van der Waals surface area (Å²) in [5, 5.41) is 4.29. The zero-order valence-corrected chi connectivity index (χ0v) is 12.0. The molecule has 20 heavy (non-hydrogen) atoms. The maximum atomic E-state index is 11.7. The maximum Gasteiger partial charge on any atom is 0.313 e. The number of ether oxygens (including phenoxy) is 1. The smallest absolute Gasteiger partial charge is 0.313 e. The molecule has 1 aromatic carbocycles. The van der Waals surface area contributed by atoms with Crippen molar-refractivity contribution < 1.29 is 9.53 Å². The number of hydrogen-bond acceptors (Lipinski definition) is 4. The van der Waals surface area contributed by atoms with E-state index in [9.17, 15) is 4.79 Å². The molecule has 2 aromatic rings. The van der Waals surface area contributed by atoms with Gasteiger partial charge in [0.05, 0.1) is 25.3 Å². The van der Waals surface area contributed by atoms with Crippen LogP contribution in [0.2, 0.25) is 0 Å². The van der Waals surface area contributed by atoms with Gasteiger partial charge in [-0.05, 0) is 19.9 Å². The van der Waals surface area contributed by atoms with Gasteiger partial charge in [-0.15, -0.1) is 0 Å². The second-order valence-corrected chi connectivity index (χ2v) is 5.39. The largest absolute Gasteiger partial charge is 0.469 e. The summed E-state index contributed by atoms with van der Waals surface area (Å²) in [5.74, 6) is -0.256. The van der Waals surface area contributed by atoms with E-state index in [4.69, 9.17) is 10.5 Å². The number of nitrogens with two attached hydrogens (primary N) is 1. The summed E-state index contributed by atoms with van der Waals surface area (Å²) >= 11 is 0. The van der Waals surface area contributed by atoms with Gasteiger partial charge < -0.3 is 10.5 Å². The highest BCUT2D eigenvalue weighted by molar-refractivity contribution is 5.76. The molecule has 0 saturated heterocycles. The van der Waals surface area contributed by atoms with E-state index < -0.39 is 5.41 Å². The SMILES string of the molecule is COC(=O)C(C)(C)Cn1cc(-c2ccccc2N)cn1. The average Bonchev–Trinajstić information content (AvgIpc) is 2.85. The Bertz CT molecular complexity index is 617. The lowest BCUT2D eigenvalue weighted by Crippen LogP contribution is -2.30. The Morgan fingerprint density at radius 2 is 2.10 bits per heavy atom. The van der Waals surface area contributed by atoms with E-state index in [1.165, 1.54) is 7.11 Å². The molecule has 0 aliphatic carbocycles. The minimum absolute atomic E-state index is 0.256. The van der Waals surface area contributed by atoms with Gasteiger partial charge in [-0.2, -0.15) is 5.10 Å². The topological polar surface area (TPSA) is 70.1 Å². The third-order valence-electron chi connectivity index (χ3n) is 3.20. The van der Waals surface area contributed by atoms with Crippen LogP contribution < -0.4 is 5.73 Å². The molecule has 5 heteroatoms. The maximum absolute atomic E-state index is 11.7. The van der Waals surface area contributed by atoms with E-state index in [0.29, 0.717) is 12.2 Å². The second kappa shape index (κ2) is 5.36. The van der Waals surface area contributed by atoms with Crippen molar-refractivity contribution >= 4 is 11.7 Å². The number of para-hydroxylation sites is 1. The van der Waals surface area contributed by atoms with Gasteiger partial charge in [0.1, 0.15) is 0 Å². The number of carbonyl (C=O) groups is 1. The van der Waals surface area contributed by atoms with Crippen LogP contribution in [0.1, 0.15) is 13.8 Å². The second-order valence-electron chi connectivity index (χ2n) is 5.39. The van der Waals surface area contributed by atoms with Crippen molar-refractivity contribution in [3.63, 3.8) is 0 Å². The third kappa shape index (κ3) is 2.82. The molecule has 2 N–H and O–H groups in total. The summed E-state index contributed by atoms with van der Waals surface area (Å²) in [6.07, 6.45) is 3.63. The van der Waals surface area contributed by atoms with Gasteiger partial charge in [0, 0.05) is 23.0 Å². The van der Waals surface area contributed by atoms with E-state index in [1.54, 1.807) is 10.9 Å². The Hall–Kier alpha value is -2.30. The van der Waals surface area contributed by atoms with Crippen LogP contribution in [0.25, 0.3) is 11.1 Å². The number of carbonyl (C=O) groups excluding carboxylic acids is 1. The average molecular weight is 273 g/mol. The zero-order chi connectivity index (χ0) is 14.8. The first-order valence-corrected chi connectivity index (χ1v) is 6.40.